The molecule has 8 N–H and O–H groups in total. The van der Waals surface area contributed by atoms with E-state index in [1.807, 2.05) is 0 Å². The summed E-state index contributed by atoms with van der Waals surface area (Å²) < 4.78 is 29.2. The van der Waals surface area contributed by atoms with Crippen molar-refractivity contribution in [3.05, 3.63) is 12.0 Å². The standard InChI is InChI=1S/C24H47F2N7O/c1-4-5-6-16(2)7-8-18(25)13-31-17(3)21(23(27)28)24(34)32-20-15-30-14-19(26)22(20)33-11-9-29-10-12-33/h13,16-17,19-23,29-31H,4-12,14-15,27-28H2,1-3H3,(H,32,34)/b18-13+. The minimum absolute atomic E-state index is 0.254. The van der Waals surface area contributed by atoms with Crippen molar-refractivity contribution >= 4 is 5.91 Å². The second-order valence-corrected chi connectivity index (χ2v) is 10.0. The Morgan fingerprint density at radius 2 is 1.88 bits per heavy atom. The molecular formula is C24H47F2N7O. The van der Waals surface area contributed by atoms with E-state index in [0.717, 1.165) is 51.9 Å². The summed E-state index contributed by atoms with van der Waals surface area (Å²) in [5, 5.41) is 12.3. The van der Waals surface area contributed by atoms with Gasteiger partial charge in [0.15, 0.2) is 0 Å². The number of unbranched alkanes of at least 4 members (excludes halogenated alkanes) is 1. The maximum Gasteiger partial charge on any atom is 0.228 e. The molecule has 0 aromatic carbocycles. The van der Waals surface area contributed by atoms with Crippen LogP contribution in [0.4, 0.5) is 8.78 Å². The van der Waals surface area contributed by atoms with E-state index in [-0.39, 0.29) is 18.3 Å². The molecule has 2 fully saturated rings. The van der Waals surface area contributed by atoms with Gasteiger partial charge in [-0.2, -0.15) is 0 Å². The number of nitrogens with zero attached hydrogens (tertiary/aromatic N) is 1. The predicted molar refractivity (Wildman–Crippen MR) is 133 cm³/mol. The smallest absolute Gasteiger partial charge is 0.228 e. The number of amides is 1. The lowest BCUT2D eigenvalue weighted by molar-refractivity contribution is -0.128. The molecule has 2 aliphatic heterocycles. The van der Waals surface area contributed by atoms with Crippen molar-refractivity contribution in [1.29, 1.82) is 0 Å². The first-order valence-corrected chi connectivity index (χ1v) is 13.0. The summed E-state index contributed by atoms with van der Waals surface area (Å²) >= 11 is 0. The maximum atomic E-state index is 14.9. The highest BCUT2D eigenvalue weighted by atomic mass is 19.1. The van der Waals surface area contributed by atoms with Gasteiger partial charge in [0, 0.05) is 57.9 Å². The largest absolute Gasteiger partial charge is 0.385 e. The lowest BCUT2D eigenvalue weighted by Gasteiger charge is -2.44. The fourth-order valence-electron chi connectivity index (χ4n) is 4.96. The Kier molecular flexibility index (Phi) is 12.7. The topological polar surface area (TPSA) is 120 Å². The van der Waals surface area contributed by atoms with E-state index in [1.54, 1.807) is 6.92 Å². The first-order valence-electron chi connectivity index (χ1n) is 13.0. The molecule has 0 aromatic heterocycles. The summed E-state index contributed by atoms with van der Waals surface area (Å²) in [7, 11) is 0. The molecule has 0 radical (unpaired) electrons. The zero-order chi connectivity index (χ0) is 25.1. The maximum absolute atomic E-state index is 14.9. The highest BCUT2D eigenvalue weighted by Gasteiger charge is 2.40. The summed E-state index contributed by atoms with van der Waals surface area (Å²) in [4.78, 5) is 15.3. The van der Waals surface area contributed by atoms with Crippen LogP contribution in [0, 0.1) is 11.8 Å². The first kappa shape index (κ1) is 28.9. The van der Waals surface area contributed by atoms with Gasteiger partial charge < -0.3 is 32.7 Å². The zero-order valence-electron chi connectivity index (χ0n) is 21.2. The summed E-state index contributed by atoms with van der Waals surface area (Å²) in [5.41, 5.74) is 11.9. The first-order chi connectivity index (χ1) is 16.2. The van der Waals surface area contributed by atoms with Gasteiger partial charge in [0.05, 0.1) is 24.2 Å². The fourth-order valence-corrected chi connectivity index (χ4v) is 4.96. The van der Waals surface area contributed by atoms with Crippen LogP contribution >= 0.6 is 0 Å². The minimum Gasteiger partial charge on any atom is -0.385 e. The highest BCUT2D eigenvalue weighted by molar-refractivity contribution is 5.80. The van der Waals surface area contributed by atoms with Gasteiger partial charge in [-0.05, 0) is 19.3 Å². The van der Waals surface area contributed by atoms with E-state index < -0.39 is 36.4 Å². The Balaban J connectivity index is 1.95. The van der Waals surface area contributed by atoms with Crippen molar-refractivity contribution in [3.63, 3.8) is 0 Å². The van der Waals surface area contributed by atoms with E-state index in [1.165, 1.54) is 6.20 Å². The van der Waals surface area contributed by atoms with Gasteiger partial charge in [0.25, 0.3) is 0 Å². The number of hydrogen-bond acceptors (Lipinski definition) is 7. The number of carbonyl (C=O) groups excluding carboxylic acids is 1. The summed E-state index contributed by atoms with van der Waals surface area (Å²) in [6, 6.07) is -1.30. The summed E-state index contributed by atoms with van der Waals surface area (Å²) in [5.74, 6) is -0.927. The van der Waals surface area contributed by atoms with E-state index in [2.05, 4.69) is 40.0 Å². The van der Waals surface area contributed by atoms with Crippen molar-refractivity contribution in [3.8, 4) is 0 Å². The third kappa shape index (κ3) is 9.03. The molecule has 6 atom stereocenters. The fraction of sp³-hybridized carbons (Fsp3) is 0.875. The van der Waals surface area contributed by atoms with Gasteiger partial charge >= 0.3 is 0 Å². The van der Waals surface area contributed by atoms with Crippen LogP contribution < -0.4 is 32.7 Å². The van der Waals surface area contributed by atoms with Crippen LogP contribution in [0.2, 0.25) is 0 Å². The number of nitrogens with one attached hydrogen (secondary N) is 4. The third-order valence-corrected chi connectivity index (χ3v) is 7.07. The van der Waals surface area contributed by atoms with Gasteiger partial charge in [0.1, 0.15) is 12.0 Å². The van der Waals surface area contributed by atoms with Gasteiger partial charge in [-0.1, -0.05) is 33.1 Å². The number of halogens is 2. The predicted octanol–water partition coefficient (Wildman–Crippen LogP) is 0.942. The second-order valence-electron chi connectivity index (χ2n) is 10.0. The van der Waals surface area contributed by atoms with E-state index in [4.69, 9.17) is 11.5 Å². The summed E-state index contributed by atoms with van der Waals surface area (Å²) in [6.07, 6.45) is 3.83. The van der Waals surface area contributed by atoms with E-state index in [0.29, 0.717) is 18.9 Å². The Hall–Kier alpha value is -1.33. The van der Waals surface area contributed by atoms with E-state index >= 15 is 0 Å². The Labute approximate surface area is 204 Å². The third-order valence-electron chi connectivity index (χ3n) is 7.07. The number of carbonyl (C=O) groups is 1. The molecule has 2 aliphatic rings. The van der Waals surface area contributed by atoms with Crippen LogP contribution in [-0.4, -0.2) is 80.5 Å². The molecule has 0 spiro atoms. The Morgan fingerprint density at radius 3 is 2.53 bits per heavy atom. The van der Waals surface area contributed by atoms with Gasteiger partial charge in [-0.3, -0.25) is 9.69 Å². The van der Waals surface area contributed by atoms with Crippen LogP contribution in [0.1, 0.15) is 52.9 Å². The molecule has 2 heterocycles. The summed E-state index contributed by atoms with van der Waals surface area (Å²) in [6.45, 7) is 9.84. The Bertz CT molecular complexity index is 630. The molecule has 6 unspecified atom stereocenters. The van der Waals surface area contributed by atoms with Gasteiger partial charge in [-0.15, -0.1) is 0 Å². The van der Waals surface area contributed by atoms with Crippen molar-refractivity contribution in [2.45, 2.75) is 83.3 Å². The number of hydrogen-bond donors (Lipinski definition) is 6. The SMILES string of the molecule is CCCCC(C)CC/C(F)=C\NC(C)C(C(=O)NC1CNCC(F)C1N1CCNCC1)C(N)N. The molecule has 0 saturated carbocycles. The normalized spacial score (nSPS) is 27.3. The number of piperazine rings is 1. The molecule has 0 aliphatic carbocycles. The minimum atomic E-state index is -1.09. The number of piperidine rings is 1. The molecule has 2 saturated heterocycles. The molecule has 34 heavy (non-hydrogen) atoms. The Morgan fingerprint density at radius 1 is 1.18 bits per heavy atom. The van der Waals surface area contributed by atoms with Crippen LogP contribution in [0.25, 0.3) is 0 Å². The van der Waals surface area contributed by atoms with Gasteiger partial charge in [-0.25, -0.2) is 8.78 Å². The molecule has 198 valence electrons. The quantitative estimate of drug-likeness (QED) is 0.214. The molecular weight excluding hydrogens is 440 g/mol. The van der Waals surface area contributed by atoms with Crippen LogP contribution in [0.5, 0.6) is 0 Å². The van der Waals surface area contributed by atoms with Crippen molar-refractivity contribution in [1.82, 2.24) is 26.2 Å². The molecule has 0 aromatic rings. The number of alkyl halides is 1. The zero-order valence-corrected chi connectivity index (χ0v) is 21.2. The number of nitrogens with two attached hydrogens (primary N) is 2. The average molecular weight is 488 g/mol. The lowest BCUT2D eigenvalue weighted by Crippen LogP contribution is -2.68. The monoisotopic (exact) mass is 487 g/mol. The number of rotatable bonds is 13. The van der Waals surface area contributed by atoms with E-state index in [9.17, 15) is 13.6 Å². The van der Waals surface area contributed by atoms with Crippen molar-refractivity contribution < 1.29 is 13.6 Å². The molecule has 1 amide bonds. The molecule has 8 nitrogen and oxygen atoms in total. The van der Waals surface area contributed by atoms with Crippen molar-refractivity contribution in [2.75, 3.05) is 39.3 Å². The number of allylic oxidation sites excluding steroid dienone is 1. The molecule has 2 rings (SSSR count). The average Bonchev–Trinajstić information content (AvgIpc) is 2.80. The van der Waals surface area contributed by atoms with Crippen LogP contribution in [0.15, 0.2) is 12.0 Å². The highest BCUT2D eigenvalue weighted by Crippen LogP contribution is 2.19. The molecule has 0 bridgehead atoms. The molecule has 10 heteroatoms. The van der Waals surface area contributed by atoms with Gasteiger partial charge in [0.2, 0.25) is 5.91 Å². The van der Waals surface area contributed by atoms with Crippen LogP contribution in [0.3, 0.4) is 0 Å². The second kappa shape index (κ2) is 14.9. The van der Waals surface area contributed by atoms with Crippen molar-refractivity contribution in [2.24, 2.45) is 23.3 Å². The van der Waals surface area contributed by atoms with Crippen LogP contribution in [-0.2, 0) is 4.79 Å². The lowest BCUT2D eigenvalue weighted by atomic mass is 9.93.